The molecule has 1 amide bonds. The molecule has 0 aromatic heterocycles. The van der Waals surface area contributed by atoms with Crippen LogP contribution < -0.4 is 10.2 Å². The maximum absolute atomic E-state index is 12.2. The van der Waals surface area contributed by atoms with Gasteiger partial charge < -0.3 is 10.2 Å². The number of rotatable bonds is 2. The van der Waals surface area contributed by atoms with E-state index in [2.05, 4.69) is 37.4 Å². The molecular formula is C14H21ClN2O. The molecule has 1 saturated heterocycles. The molecule has 0 bridgehead atoms. The minimum absolute atomic E-state index is 0. The second-order valence-corrected chi connectivity index (χ2v) is 4.89. The Morgan fingerprint density at radius 3 is 2.39 bits per heavy atom. The van der Waals surface area contributed by atoms with Crippen molar-refractivity contribution in [2.45, 2.75) is 32.7 Å². The van der Waals surface area contributed by atoms with Crippen molar-refractivity contribution in [1.29, 1.82) is 0 Å². The third kappa shape index (κ3) is 3.24. The molecular weight excluding hydrogens is 248 g/mol. The van der Waals surface area contributed by atoms with Crippen LogP contribution in [0.3, 0.4) is 0 Å². The third-order valence-electron chi connectivity index (χ3n) is 3.28. The number of hydrogen-bond acceptors (Lipinski definition) is 2. The molecule has 1 atom stereocenters. The van der Waals surface area contributed by atoms with E-state index in [9.17, 15) is 4.79 Å². The lowest BCUT2D eigenvalue weighted by Gasteiger charge is -2.22. The first-order valence-electron chi connectivity index (χ1n) is 6.17. The first-order valence-corrected chi connectivity index (χ1v) is 6.17. The van der Waals surface area contributed by atoms with Crippen LogP contribution in [0.5, 0.6) is 0 Å². The SMILES string of the molecule is Cc1cc(C)cc(N(C)C(=O)C2CCCN2)c1.Cl. The Balaban J connectivity index is 0.00000162. The smallest absolute Gasteiger partial charge is 0.243 e. The molecule has 1 N–H and O–H groups in total. The van der Waals surface area contributed by atoms with Gasteiger partial charge in [-0.2, -0.15) is 0 Å². The second-order valence-electron chi connectivity index (χ2n) is 4.89. The van der Waals surface area contributed by atoms with E-state index >= 15 is 0 Å². The molecule has 1 aromatic rings. The van der Waals surface area contributed by atoms with Crippen molar-refractivity contribution in [3.8, 4) is 0 Å². The average molecular weight is 269 g/mol. The molecule has 18 heavy (non-hydrogen) atoms. The number of halogens is 1. The van der Waals surface area contributed by atoms with Gasteiger partial charge in [0.15, 0.2) is 0 Å². The van der Waals surface area contributed by atoms with Gasteiger partial charge >= 0.3 is 0 Å². The van der Waals surface area contributed by atoms with Gasteiger partial charge in [0.05, 0.1) is 6.04 Å². The Morgan fingerprint density at radius 2 is 1.89 bits per heavy atom. The topological polar surface area (TPSA) is 32.3 Å². The fraction of sp³-hybridized carbons (Fsp3) is 0.500. The summed E-state index contributed by atoms with van der Waals surface area (Å²) in [6, 6.07) is 6.23. The monoisotopic (exact) mass is 268 g/mol. The van der Waals surface area contributed by atoms with Crippen molar-refractivity contribution in [1.82, 2.24) is 5.32 Å². The van der Waals surface area contributed by atoms with Crippen molar-refractivity contribution < 1.29 is 4.79 Å². The summed E-state index contributed by atoms with van der Waals surface area (Å²) in [6.07, 6.45) is 2.05. The Morgan fingerprint density at radius 1 is 1.28 bits per heavy atom. The predicted octanol–water partition coefficient (Wildman–Crippen LogP) is 2.44. The molecule has 3 nitrogen and oxygen atoms in total. The molecule has 0 saturated carbocycles. The van der Waals surface area contributed by atoms with Crippen LogP contribution >= 0.6 is 12.4 Å². The number of amides is 1. The summed E-state index contributed by atoms with van der Waals surface area (Å²) in [4.78, 5) is 14.0. The fourth-order valence-corrected chi connectivity index (χ4v) is 2.40. The van der Waals surface area contributed by atoms with Crippen LogP contribution in [-0.4, -0.2) is 25.5 Å². The normalized spacial score (nSPS) is 18.3. The van der Waals surface area contributed by atoms with Crippen LogP contribution in [0.1, 0.15) is 24.0 Å². The minimum atomic E-state index is 0. The van der Waals surface area contributed by atoms with E-state index in [0.717, 1.165) is 25.1 Å². The Hall–Kier alpha value is -1.06. The molecule has 2 rings (SSSR count). The third-order valence-corrected chi connectivity index (χ3v) is 3.28. The molecule has 1 heterocycles. The first-order chi connectivity index (χ1) is 8.08. The van der Waals surface area contributed by atoms with E-state index in [4.69, 9.17) is 0 Å². The van der Waals surface area contributed by atoms with E-state index in [0.29, 0.717) is 0 Å². The number of benzene rings is 1. The fourth-order valence-electron chi connectivity index (χ4n) is 2.40. The number of aryl methyl sites for hydroxylation is 2. The lowest BCUT2D eigenvalue weighted by molar-refractivity contribution is -0.119. The molecule has 1 unspecified atom stereocenters. The van der Waals surface area contributed by atoms with Gasteiger partial charge in [-0.3, -0.25) is 4.79 Å². The van der Waals surface area contributed by atoms with Crippen LogP contribution in [-0.2, 0) is 4.79 Å². The van der Waals surface area contributed by atoms with Gasteiger partial charge in [-0.15, -0.1) is 12.4 Å². The summed E-state index contributed by atoms with van der Waals surface area (Å²) in [6.45, 7) is 5.07. The predicted molar refractivity (Wildman–Crippen MR) is 77.6 cm³/mol. The maximum Gasteiger partial charge on any atom is 0.243 e. The molecule has 4 heteroatoms. The van der Waals surface area contributed by atoms with Gasteiger partial charge in [0.25, 0.3) is 0 Å². The summed E-state index contributed by atoms with van der Waals surface area (Å²) in [5.41, 5.74) is 3.37. The van der Waals surface area contributed by atoms with Crippen LogP contribution in [0.15, 0.2) is 18.2 Å². The number of likely N-dealkylation sites (N-methyl/N-ethyl adjacent to an activating group) is 1. The molecule has 1 aromatic carbocycles. The highest BCUT2D eigenvalue weighted by Gasteiger charge is 2.25. The van der Waals surface area contributed by atoms with Crippen molar-refractivity contribution in [2.24, 2.45) is 0 Å². The zero-order valence-corrected chi connectivity index (χ0v) is 12.0. The van der Waals surface area contributed by atoms with Crippen LogP contribution in [0.25, 0.3) is 0 Å². The molecule has 1 aliphatic rings. The number of carbonyl (C=O) groups excluding carboxylic acids is 1. The summed E-state index contributed by atoms with van der Waals surface area (Å²) in [5, 5.41) is 3.25. The van der Waals surface area contributed by atoms with Crippen LogP contribution in [0.2, 0.25) is 0 Å². The summed E-state index contributed by atoms with van der Waals surface area (Å²) in [5.74, 6) is 0.174. The summed E-state index contributed by atoms with van der Waals surface area (Å²) >= 11 is 0. The highest BCUT2D eigenvalue weighted by atomic mass is 35.5. The quantitative estimate of drug-likeness (QED) is 0.894. The standard InChI is InChI=1S/C14H20N2O.ClH/c1-10-7-11(2)9-12(8-10)16(3)14(17)13-5-4-6-15-13;/h7-9,13,15H,4-6H2,1-3H3;1H. The highest BCUT2D eigenvalue weighted by Crippen LogP contribution is 2.19. The number of nitrogens with one attached hydrogen (secondary N) is 1. The number of nitrogens with zero attached hydrogens (tertiary/aromatic N) is 1. The number of hydrogen-bond donors (Lipinski definition) is 1. The first kappa shape index (κ1) is 15.0. The summed E-state index contributed by atoms with van der Waals surface area (Å²) < 4.78 is 0. The molecule has 0 aliphatic carbocycles. The average Bonchev–Trinajstić information content (AvgIpc) is 2.79. The van der Waals surface area contributed by atoms with Gasteiger partial charge in [-0.05, 0) is 56.5 Å². The Bertz CT molecular complexity index is 408. The van der Waals surface area contributed by atoms with E-state index in [1.807, 2.05) is 7.05 Å². The minimum Gasteiger partial charge on any atom is -0.314 e. The zero-order chi connectivity index (χ0) is 12.4. The Kier molecular flexibility index (Phi) is 5.17. The van der Waals surface area contributed by atoms with Crippen LogP contribution in [0.4, 0.5) is 5.69 Å². The van der Waals surface area contributed by atoms with Crippen molar-refractivity contribution in [2.75, 3.05) is 18.5 Å². The van der Waals surface area contributed by atoms with Crippen molar-refractivity contribution in [3.05, 3.63) is 29.3 Å². The van der Waals surface area contributed by atoms with E-state index < -0.39 is 0 Å². The van der Waals surface area contributed by atoms with E-state index in [1.165, 1.54) is 11.1 Å². The van der Waals surface area contributed by atoms with Gasteiger partial charge in [0, 0.05) is 12.7 Å². The molecule has 1 fully saturated rings. The van der Waals surface area contributed by atoms with Gasteiger partial charge in [0.1, 0.15) is 0 Å². The lowest BCUT2D eigenvalue weighted by Crippen LogP contribution is -2.41. The van der Waals surface area contributed by atoms with Gasteiger partial charge in [-0.25, -0.2) is 0 Å². The van der Waals surface area contributed by atoms with Crippen molar-refractivity contribution >= 4 is 24.0 Å². The highest BCUT2D eigenvalue weighted by molar-refractivity contribution is 5.97. The molecule has 100 valence electrons. The Labute approximate surface area is 115 Å². The van der Waals surface area contributed by atoms with E-state index in [1.54, 1.807) is 4.90 Å². The largest absolute Gasteiger partial charge is 0.314 e. The maximum atomic E-state index is 12.2. The lowest BCUT2D eigenvalue weighted by atomic mass is 10.1. The second kappa shape index (κ2) is 6.21. The molecule has 0 radical (unpaired) electrons. The van der Waals surface area contributed by atoms with Crippen molar-refractivity contribution in [3.63, 3.8) is 0 Å². The van der Waals surface area contributed by atoms with Gasteiger partial charge in [-0.1, -0.05) is 6.07 Å². The van der Waals surface area contributed by atoms with E-state index in [-0.39, 0.29) is 24.4 Å². The molecule has 1 aliphatic heterocycles. The van der Waals surface area contributed by atoms with Gasteiger partial charge in [0.2, 0.25) is 5.91 Å². The zero-order valence-electron chi connectivity index (χ0n) is 11.2. The van der Waals surface area contributed by atoms with Crippen LogP contribution in [0, 0.1) is 13.8 Å². The number of anilines is 1. The molecule has 0 spiro atoms. The summed E-state index contributed by atoms with van der Waals surface area (Å²) in [7, 11) is 1.86. The number of carbonyl (C=O) groups is 1.